The predicted octanol–water partition coefficient (Wildman–Crippen LogP) is 5.68. The smallest absolute Gasteiger partial charge is 0.427 e. The van der Waals surface area contributed by atoms with Gasteiger partial charge in [-0.15, -0.1) is 0 Å². The van der Waals surface area contributed by atoms with Gasteiger partial charge in [0.1, 0.15) is 0 Å². The van der Waals surface area contributed by atoms with E-state index in [9.17, 15) is 10.0 Å². The fraction of sp³-hybridized carbons (Fsp3) is 1.00. The van der Waals surface area contributed by atoms with Gasteiger partial charge >= 0.3 is 7.12 Å². The zero-order valence-electron chi connectivity index (χ0n) is 17.3. The van der Waals surface area contributed by atoms with E-state index in [1.807, 2.05) is 0 Å². The van der Waals surface area contributed by atoms with Crippen LogP contribution in [0.3, 0.4) is 0 Å². The zero-order chi connectivity index (χ0) is 18.4. The molecule has 3 heteroatoms. The van der Waals surface area contributed by atoms with Gasteiger partial charge in [-0.1, -0.05) is 64.2 Å². The van der Waals surface area contributed by atoms with Gasteiger partial charge in [0.05, 0.1) is 0 Å². The summed E-state index contributed by atoms with van der Waals surface area (Å²) in [4.78, 5) is 0. The maximum Gasteiger partial charge on any atom is 0.455 e. The van der Waals surface area contributed by atoms with Crippen molar-refractivity contribution >= 4 is 7.12 Å². The van der Waals surface area contributed by atoms with E-state index in [1.54, 1.807) is 0 Å². The highest BCUT2D eigenvalue weighted by Gasteiger charge is 2.52. The minimum Gasteiger partial charge on any atom is -0.427 e. The summed E-state index contributed by atoms with van der Waals surface area (Å²) >= 11 is 0. The molecule has 0 bridgehead atoms. The van der Waals surface area contributed by atoms with Crippen LogP contribution in [0.25, 0.3) is 0 Å². The lowest BCUT2D eigenvalue weighted by molar-refractivity contribution is -0.0683. The summed E-state index contributed by atoms with van der Waals surface area (Å²) in [5.74, 6) is 7.60. The molecule has 152 valence electrons. The van der Waals surface area contributed by atoms with Crippen molar-refractivity contribution in [2.45, 2.75) is 102 Å². The Balaban J connectivity index is 1.40. The molecule has 5 fully saturated rings. The summed E-state index contributed by atoms with van der Waals surface area (Å²) < 4.78 is 0. The van der Waals surface area contributed by atoms with Crippen LogP contribution in [0.4, 0.5) is 0 Å². The van der Waals surface area contributed by atoms with Crippen molar-refractivity contribution in [2.75, 3.05) is 0 Å². The van der Waals surface area contributed by atoms with Crippen molar-refractivity contribution in [2.24, 2.45) is 47.3 Å². The first-order valence-corrected chi connectivity index (χ1v) is 12.6. The van der Waals surface area contributed by atoms with Crippen molar-refractivity contribution < 1.29 is 10.0 Å². The highest BCUT2D eigenvalue weighted by atomic mass is 16.4. The largest absolute Gasteiger partial charge is 0.455 e. The van der Waals surface area contributed by atoms with Crippen LogP contribution in [0.15, 0.2) is 0 Å². The molecule has 0 spiro atoms. The minimum atomic E-state index is -1.08. The molecule has 0 heterocycles. The molecule has 5 aliphatic carbocycles. The van der Waals surface area contributed by atoms with E-state index < -0.39 is 7.12 Å². The number of hydrogen-bond acceptors (Lipinski definition) is 2. The molecule has 5 saturated carbocycles. The van der Waals surface area contributed by atoms with Crippen molar-refractivity contribution in [3.8, 4) is 0 Å². The number of hydrogen-bond donors (Lipinski definition) is 2. The fourth-order valence-electron chi connectivity index (χ4n) is 9.33. The van der Waals surface area contributed by atoms with Gasteiger partial charge in [0.2, 0.25) is 0 Å². The van der Waals surface area contributed by atoms with Crippen LogP contribution in [0.2, 0.25) is 5.82 Å². The van der Waals surface area contributed by atoms with Crippen LogP contribution >= 0.6 is 0 Å². The van der Waals surface area contributed by atoms with E-state index in [-0.39, 0.29) is 5.82 Å². The van der Waals surface area contributed by atoms with Crippen LogP contribution in [0, 0.1) is 47.3 Å². The van der Waals surface area contributed by atoms with Crippen LogP contribution < -0.4 is 0 Å². The third-order valence-corrected chi connectivity index (χ3v) is 10.3. The summed E-state index contributed by atoms with van der Waals surface area (Å²) in [6.45, 7) is 0. The molecule has 27 heavy (non-hydrogen) atoms. The molecule has 0 aromatic heterocycles. The monoisotopic (exact) mass is 372 g/mol. The van der Waals surface area contributed by atoms with Gasteiger partial charge in [0.15, 0.2) is 0 Å². The maximum absolute atomic E-state index is 10.0. The fourth-order valence-corrected chi connectivity index (χ4v) is 9.33. The standard InChI is InChI=1S/C24H41BO2/c26-25(27)24-14-13-21(19-10-5-6-12-22(19)24)23-15-16-7-1-2-8-17(16)18-9-3-4-11-20(18)23/h16-24,26-27H,1-15H2. The molecule has 0 saturated heterocycles. The van der Waals surface area contributed by atoms with Gasteiger partial charge < -0.3 is 10.0 Å². The van der Waals surface area contributed by atoms with Gasteiger partial charge in [-0.25, -0.2) is 0 Å². The Labute approximate surface area is 167 Å². The minimum absolute atomic E-state index is 0.166. The van der Waals surface area contributed by atoms with Gasteiger partial charge in [-0.05, 0) is 85.3 Å². The van der Waals surface area contributed by atoms with E-state index in [2.05, 4.69) is 0 Å². The highest BCUT2D eigenvalue weighted by Crippen LogP contribution is 2.60. The topological polar surface area (TPSA) is 40.5 Å². The van der Waals surface area contributed by atoms with E-state index in [1.165, 1.54) is 89.9 Å². The first-order valence-electron chi connectivity index (χ1n) is 12.6. The van der Waals surface area contributed by atoms with Crippen LogP contribution in [-0.2, 0) is 0 Å². The Hall–Kier alpha value is -0.0151. The summed E-state index contributed by atoms with van der Waals surface area (Å²) in [6.07, 6.45) is 21.3. The van der Waals surface area contributed by atoms with Crippen LogP contribution in [0.1, 0.15) is 96.3 Å². The third kappa shape index (κ3) is 3.43. The van der Waals surface area contributed by atoms with E-state index in [4.69, 9.17) is 0 Å². The molecule has 5 aliphatic rings. The first kappa shape index (κ1) is 19.0. The third-order valence-electron chi connectivity index (χ3n) is 10.3. The highest BCUT2D eigenvalue weighted by molar-refractivity contribution is 6.43. The molecule has 2 nitrogen and oxygen atoms in total. The molecule has 9 atom stereocenters. The molecule has 0 amide bonds. The Bertz CT molecular complexity index is 509. The molecular formula is C24H41BO2. The van der Waals surface area contributed by atoms with Gasteiger partial charge in [-0.2, -0.15) is 0 Å². The summed E-state index contributed by atoms with van der Waals surface area (Å²) in [6, 6.07) is 0. The van der Waals surface area contributed by atoms with E-state index >= 15 is 0 Å². The predicted molar refractivity (Wildman–Crippen MR) is 111 cm³/mol. The molecule has 9 unspecified atom stereocenters. The summed E-state index contributed by atoms with van der Waals surface area (Å²) in [5, 5.41) is 20.0. The molecule has 2 N–H and O–H groups in total. The van der Waals surface area contributed by atoms with Crippen molar-refractivity contribution in [1.29, 1.82) is 0 Å². The lowest BCUT2D eigenvalue weighted by Crippen LogP contribution is -2.50. The number of fused-ring (bicyclic) bond motifs is 4. The summed E-state index contributed by atoms with van der Waals surface area (Å²) in [5.41, 5.74) is 0. The van der Waals surface area contributed by atoms with Gasteiger partial charge in [0, 0.05) is 0 Å². The molecule has 0 radical (unpaired) electrons. The van der Waals surface area contributed by atoms with Crippen LogP contribution in [-0.4, -0.2) is 17.2 Å². The van der Waals surface area contributed by atoms with E-state index in [0.29, 0.717) is 5.92 Å². The molecule has 0 aromatic rings. The van der Waals surface area contributed by atoms with Crippen LogP contribution in [0.5, 0.6) is 0 Å². The Morgan fingerprint density at radius 1 is 0.444 bits per heavy atom. The van der Waals surface area contributed by atoms with Crippen molar-refractivity contribution in [1.82, 2.24) is 0 Å². The Morgan fingerprint density at radius 2 is 0.926 bits per heavy atom. The van der Waals surface area contributed by atoms with Crippen molar-refractivity contribution in [3.05, 3.63) is 0 Å². The first-order chi connectivity index (χ1) is 13.2. The maximum atomic E-state index is 10.0. The molecular weight excluding hydrogens is 331 g/mol. The second-order valence-electron chi connectivity index (χ2n) is 11.2. The molecule has 5 rings (SSSR count). The Kier molecular flexibility index (Phi) is 5.63. The number of rotatable bonds is 2. The Morgan fingerprint density at radius 3 is 1.59 bits per heavy atom. The second kappa shape index (κ2) is 8.02. The van der Waals surface area contributed by atoms with Gasteiger partial charge in [0.25, 0.3) is 0 Å². The average molecular weight is 372 g/mol. The summed E-state index contributed by atoms with van der Waals surface area (Å²) in [7, 11) is -1.08. The zero-order valence-corrected chi connectivity index (χ0v) is 17.3. The normalized spacial score (nSPS) is 50.2. The lowest BCUT2D eigenvalue weighted by Gasteiger charge is -2.57. The SMILES string of the molecule is OB(O)C1CCC(C2CC3CCCCC3C3CCCCC32)C2CCCCC12. The van der Waals surface area contributed by atoms with Crippen molar-refractivity contribution in [3.63, 3.8) is 0 Å². The second-order valence-corrected chi connectivity index (χ2v) is 11.2. The lowest BCUT2D eigenvalue weighted by atomic mass is 9.45. The molecule has 0 aromatic carbocycles. The van der Waals surface area contributed by atoms with E-state index in [0.717, 1.165) is 47.8 Å². The average Bonchev–Trinajstić information content (AvgIpc) is 2.72. The molecule has 0 aliphatic heterocycles. The van der Waals surface area contributed by atoms with Gasteiger partial charge in [-0.3, -0.25) is 0 Å². The quantitative estimate of drug-likeness (QED) is 0.613.